The van der Waals surface area contributed by atoms with Crippen LogP contribution in [0.2, 0.25) is 0 Å². The van der Waals surface area contributed by atoms with Crippen LogP contribution >= 0.6 is 0 Å². The molecule has 0 aliphatic carbocycles. The van der Waals surface area contributed by atoms with Gasteiger partial charge in [0.25, 0.3) is 0 Å². The summed E-state index contributed by atoms with van der Waals surface area (Å²) < 4.78 is 10.1. The van der Waals surface area contributed by atoms with Gasteiger partial charge in [0.05, 0.1) is 19.3 Å². The number of aliphatic hydroxyl groups excluding tert-OH is 1. The standard InChI is InChI=1S/C11H14O4/c1-4-8(6-12)10-5-9(14-3)7(2)11(13)15-10/h4-5,12H,6H2,1-3H3. The molecule has 1 aromatic heterocycles. The topological polar surface area (TPSA) is 59.7 Å². The molecular formula is C11H14O4. The van der Waals surface area contributed by atoms with Crippen molar-refractivity contribution in [2.75, 3.05) is 13.7 Å². The largest absolute Gasteiger partial charge is 0.496 e. The predicted octanol–water partition coefficient (Wildman–Crippen LogP) is 1.35. The Bertz CT molecular complexity index is 429. The average Bonchev–Trinajstić information content (AvgIpc) is 2.24. The molecule has 15 heavy (non-hydrogen) atoms. The molecule has 4 nitrogen and oxygen atoms in total. The van der Waals surface area contributed by atoms with E-state index < -0.39 is 5.63 Å². The number of methoxy groups -OCH3 is 1. The first kappa shape index (κ1) is 11.5. The molecule has 0 fully saturated rings. The van der Waals surface area contributed by atoms with Crippen molar-refractivity contribution in [3.63, 3.8) is 0 Å². The lowest BCUT2D eigenvalue weighted by Gasteiger charge is -2.06. The maximum absolute atomic E-state index is 11.4. The number of ether oxygens (including phenoxy) is 1. The molecule has 0 spiro atoms. The first-order chi connectivity index (χ1) is 7.13. The number of hydrogen-bond donors (Lipinski definition) is 1. The molecule has 82 valence electrons. The molecule has 0 aromatic carbocycles. The van der Waals surface area contributed by atoms with Crippen LogP contribution in [0.5, 0.6) is 5.75 Å². The molecule has 1 heterocycles. The van der Waals surface area contributed by atoms with Crippen LogP contribution in [-0.2, 0) is 0 Å². The van der Waals surface area contributed by atoms with Gasteiger partial charge in [-0.2, -0.15) is 0 Å². The fourth-order valence-electron chi connectivity index (χ4n) is 1.22. The Labute approximate surface area is 87.8 Å². The number of rotatable bonds is 3. The Morgan fingerprint density at radius 1 is 1.67 bits per heavy atom. The predicted molar refractivity (Wildman–Crippen MR) is 57.0 cm³/mol. The molecule has 0 radical (unpaired) electrons. The van der Waals surface area contributed by atoms with Crippen molar-refractivity contribution >= 4 is 5.57 Å². The van der Waals surface area contributed by atoms with Crippen LogP contribution in [0.4, 0.5) is 0 Å². The third kappa shape index (κ3) is 2.27. The molecule has 4 heteroatoms. The van der Waals surface area contributed by atoms with Gasteiger partial charge in [-0.05, 0) is 13.8 Å². The molecule has 0 amide bonds. The lowest BCUT2D eigenvalue weighted by molar-refractivity contribution is 0.343. The first-order valence-electron chi connectivity index (χ1n) is 4.59. The van der Waals surface area contributed by atoms with E-state index in [0.717, 1.165) is 0 Å². The summed E-state index contributed by atoms with van der Waals surface area (Å²) in [6.45, 7) is 3.21. The monoisotopic (exact) mass is 210 g/mol. The average molecular weight is 210 g/mol. The summed E-state index contributed by atoms with van der Waals surface area (Å²) in [4.78, 5) is 11.4. The molecule has 1 N–H and O–H groups in total. The van der Waals surface area contributed by atoms with Gasteiger partial charge in [0.15, 0.2) is 0 Å². The van der Waals surface area contributed by atoms with Crippen molar-refractivity contribution in [3.05, 3.63) is 33.9 Å². The summed E-state index contributed by atoms with van der Waals surface area (Å²) >= 11 is 0. The van der Waals surface area contributed by atoms with Gasteiger partial charge < -0.3 is 14.3 Å². The van der Waals surface area contributed by atoms with Crippen LogP contribution in [0, 0.1) is 6.92 Å². The summed E-state index contributed by atoms with van der Waals surface area (Å²) in [5.41, 5.74) is 0.539. The highest BCUT2D eigenvalue weighted by molar-refractivity contribution is 5.62. The Morgan fingerprint density at radius 3 is 2.80 bits per heavy atom. The maximum Gasteiger partial charge on any atom is 0.342 e. The SMILES string of the molecule is CC=C(CO)c1cc(OC)c(C)c(=O)o1. The fourth-order valence-corrected chi connectivity index (χ4v) is 1.22. The van der Waals surface area contributed by atoms with E-state index in [1.807, 2.05) is 0 Å². The Kier molecular flexibility index (Phi) is 3.68. The lowest BCUT2D eigenvalue weighted by atomic mass is 10.1. The quantitative estimate of drug-likeness (QED) is 0.818. The first-order valence-corrected chi connectivity index (χ1v) is 4.59. The van der Waals surface area contributed by atoms with E-state index >= 15 is 0 Å². The van der Waals surface area contributed by atoms with E-state index in [4.69, 9.17) is 14.3 Å². The molecule has 0 saturated heterocycles. The zero-order valence-electron chi connectivity index (χ0n) is 9.03. The molecule has 0 saturated carbocycles. The maximum atomic E-state index is 11.4. The summed E-state index contributed by atoms with van der Waals surface area (Å²) in [6.07, 6.45) is 1.69. The van der Waals surface area contributed by atoms with E-state index in [-0.39, 0.29) is 6.61 Å². The van der Waals surface area contributed by atoms with Gasteiger partial charge in [-0.3, -0.25) is 0 Å². The Hall–Kier alpha value is -1.55. The third-order valence-electron chi connectivity index (χ3n) is 2.20. The van der Waals surface area contributed by atoms with Crippen molar-refractivity contribution in [2.45, 2.75) is 13.8 Å². The highest BCUT2D eigenvalue weighted by atomic mass is 16.5. The smallest absolute Gasteiger partial charge is 0.342 e. The van der Waals surface area contributed by atoms with Gasteiger partial charge in [0.1, 0.15) is 11.5 Å². The van der Waals surface area contributed by atoms with Crippen molar-refractivity contribution in [3.8, 4) is 5.75 Å². The lowest BCUT2D eigenvalue weighted by Crippen LogP contribution is -2.08. The van der Waals surface area contributed by atoms with Gasteiger partial charge in [-0.15, -0.1) is 0 Å². The fraction of sp³-hybridized carbons (Fsp3) is 0.364. The van der Waals surface area contributed by atoms with Crippen LogP contribution in [0.15, 0.2) is 21.4 Å². The minimum atomic E-state index is -0.447. The van der Waals surface area contributed by atoms with Crippen molar-refractivity contribution in [1.82, 2.24) is 0 Å². The zero-order valence-corrected chi connectivity index (χ0v) is 9.03. The van der Waals surface area contributed by atoms with Crippen LogP contribution in [0.3, 0.4) is 0 Å². The molecule has 0 aliphatic rings. The van der Waals surface area contributed by atoms with Crippen LogP contribution in [0.25, 0.3) is 5.57 Å². The second-order valence-corrected chi connectivity index (χ2v) is 3.06. The van der Waals surface area contributed by atoms with Gasteiger partial charge in [-0.1, -0.05) is 6.08 Å². The summed E-state index contributed by atoms with van der Waals surface area (Å²) in [6, 6.07) is 1.60. The molecule has 1 rings (SSSR count). The van der Waals surface area contributed by atoms with Crippen LogP contribution in [0.1, 0.15) is 18.2 Å². The molecular weight excluding hydrogens is 196 g/mol. The summed E-state index contributed by atoms with van der Waals surface area (Å²) in [5.74, 6) is 0.807. The number of aliphatic hydroxyl groups is 1. The second kappa shape index (κ2) is 4.79. The second-order valence-electron chi connectivity index (χ2n) is 3.06. The van der Waals surface area contributed by atoms with Crippen molar-refractivity contribution < 1.29 is 14.3 Å². The highest BCUT2D eigenvalue weighted by Crippen LogP contribution is 2.20. The van der Waals surface area contributed by atoms with E-state index in [2.05, 4.69) is 0 Å². The van der Waals surface area contributed by atoms with E-state index in [9.17, 15) is 4.79 Å². The van der Waals surface area contributed by atoms with Crippen LogP contribution in [-0.4, -0.2) is 18.8 Å². The molecule has 0 aliphatic heterocycles. The molecule has 0 bridgehead atoms. The van der Waals surface area contributed by atoms with Gasteiger partial charge in [-0.25, -0.2) is 4.79 Å². The number of hydrogen-bond acceptors (Lipinski definition) is 4. The number of allylic oxidation sites excluding steroid dienone is 1. The molecule has 0 unspecified atom stereocenters. The van der Waals surface area contributed by atoms with Gasteiger partial charge in [0, 0.05) is 11.6 Å². The van der Waals surface area contributed by atoms with Gasteiger partial charge in [0.2, 0.25) is 0 Å². The van der Waals surface area contributed by atoms with E-state index in [1.165, 1.54) is 7.11 Å². The van der Waals surface area contributed by atoms with Gasteiger partial charge >= 0.3 is 5.63 Å². The Morgan fingerprint density at radius 2 is 2.33 bits per heavy atom. The van der Waals surface area contributed by atoms with Crippen LogP contribution < -0.4 is 10.4 Å². The molecule has 0 atom stereocenters. The van der Waals surface area contributed by atoms with E-state index in [0.29, 0.717) is 22.6 Å². The minimum absolute atomic E-state index is 0.175. The highest BCUT2D eigenvalue weighted by Gasteiger charge is 2.10. The molecule has 1 aromatic rings. The minimum Gasteiger partial charge on any atom is -0.496 e. The normalized spacial score (nSPS) is 11.6. The summed E-state index contributed by atoms with van der Waals surface area (Å²) in [5, 5.41) is 9.03. The van der Waals surface area contributed by atoms with E-state index in [1.54, 1.807) is 26.0 Å². The van der Waals surface area contributed by atoms with Crippen molar-refractivity contribution in [2.24, 2.45) is 0 Å². The Balaban J connectivity index is 3.34. The zero-order chi connectivity index (χ0) is 11.4. The third-order valence-corrected chi connectivity index (χ3v) is 2.20. The van der Waals surface area contributed by atoms with Crippen molar-refractivity contribution in [1.29, 1.82) is 0 Å². The summed E-state index contributed by atoms with van der Waals surface area (Å²) in [7, 11) is 1.49.